The van der Waals surface area contributed by atoms with E-state index in [-0.39, 0.29) is 25.0 Å². The molecule has 0 saturated heterocycles. The number of pyridine rings is 1. The number of para-hydroxylation sites is 1. The molecule has 3 aromatic carbocycles. The summed E-state index contributed by atoms with van der Waals surface area (Å²) in [5, 5.41) is 12.5. The highest BCUT2D eigenvalue weighted by molar-refractivity contribution is 5.85. The third kappa shape index (κ3) is 6.11. The van der Waals surface area contributed by atoms with E-state index in [1.165, 1.54) is 0 Å². The van der Waals surface area contributed by atoms with Crippen LogP contribution in [0, 0.1) is 17.2 Å². The van der Waals surface area contributed by atoms with Crippen LogP contribution in [-0.2, 0) is 16.1 Å². The molecular formula is C30H29N3O2. The van der Waals surface area contributed by atoms with Crippen LogP contribution in [0.1, 0.15) is 25.8 Å². The maximum Gasteiger partial charge on any atom is 0.249 e. The average Bonchev–Trinajstić information content (AvgIpc) is 2.89. The van der Waals surface area contributed by atoms with Gasteiger partial charge in [-0.1, -0.05) is 74.5 Å². The van der Waals surface area contributed by atoms with E-state index in [2.05, 4.69) is 66.6 Å². The number of nitrogens with zero attached hydrogens (tertiary/aromatic N) is 2. The molecule has 0 radical (unpaired) electrons. The van der Waals surface area contributed by atoms with Gasteiger partial charge in [-0.05, 0) is 52.8 Å². The molecule has 0 fully saturated rings. The van der Waals surface area contributed by atoms with Crippen molar-refractivity contribution in [1.29, 1.82) is 5.26 Å². The number of carbonyl (C=O) groups is 1. The van der Waals surface area contributed by atoms with Crippen LogP contribution < -0.4 is 5.32 Å². The lowest BCUT2D eigenvalue weighted by Crippen LogP contribution is -2.37. The van der Waals surface area contributed by atoms with Gasteiger partial charge >= 0.3 is 0 Å². The van der Waals surface area contributed by atoms with Crippen LogP contribution in [0.2, 0.25) is 0 Å². The Balaban J connectivity index is 1.66. The highest BCUT2D eigenvalue weighted by Gasteiger charge is 2.21. The third-order valence-corrected chi connectivity index (χ3v) is 5.88. The first kappa shape index (κ1) is 24.1. The topological polar surface area (TPSA) is 75.0 Å². The number of hydrogen-bond acceptors (Lipinski definition) is 4. The molecule has 1 N–H and O–H groups in total. The minimum Gasteiger partial charge on any atom is -0.364 e. The molecule has 4 aromatic rings. The SMILES string of the molecule is CC(C)C[C@H](OCc1ccc(-c2cnc3ccccc3c2)cc1-c1ccccc1)C(=O)NCC#N. The lowest BCUT2D eigenvalue weighted by molar-refractivity contribution is -0.134. The van der Waals surface area contributed by atoms with Crippen molar-refractivity contribution in [3.8, 4) is 28.3 Å². The van der Waals surface area contributed by atoms with Crippen molar-refractivity contribution in [2.75, 3.05) is 6.54 Å². The average molecular weight is 464 g/mol. The third-order valence-electron chi connectivity index (χ3n) is 5.88. The predicted octanol–water partition coefficient (Wildman–Crippen LogP) is 6.14. The maximum atomic E-state index is 12.6. The van der Waals surface area contributed by atoms with Crippen LogP contribution in [0.5, 0.6) is 0 Å². The van der Waals surface area contributed by atoms with Crippen molar-refractivity contribution in [1.82, 2.24) is 10.3 Å². The quantitative estimate of drug-likeness (QED) is 0.303. The smallest absolute Gasteiger partial charge is 0.249 e. The van der Waals surface area contributed by atoms with E-state index in [1.54, 1.807) is 0 Å². The van der Waals surface area contributed by atoms with E-state index in [0.717, 1.165) is 38.7 Å². The van der Waals surface area contributed by atoms with Gasteiger partial charge in [-0.3, -0.25) is 9.78 Å². The van der Waals surface area contributed by atoms with Crippen molar-refractivity contribution in [2.24, 2.45) is 5.92 Å². The van der Waals surface area contributed by atoms with E-state index >= 15 is 0 Å². The number of fused-ring (bicyclic) bond motifs is 1. The summed E-state index contributed by atoms with van der Waals surface area (Å²) in [6, 6.07) is 28.7. The Bertz CT molecular complexity index is 1340. The molecule has 1 heterocycles. The largest absolute Gasteiger partial charge is 0.364 e. The molecule has 176 valence electrons. The Morgan fingerprint density at radius 3 is 2.51 bits per heavy atom. The van der Waals surface area contributed by atoms with Gasteiger partial charge in [-0.2, -0.15) is 5.26 Å². The van der Waals surface area contributed by atoms with Crippen molar-refractivity contribution in [2.45, 2.75) is 33.0 Å². The Morgan fingerprint density at radius 1 is 0.971 bits per heavy atom. The minimum absolute atomic E-state index is 0.0272. The first-order valence-corrected chi connectivity index (χ1v) is 11.8. The van der Waals surface area contributed by atoms with Crippen molar-refractivity contribution >= 4 is 16.8 Å². The number of nitrogens with one attached hydrogen (secondary N) is 1. The van der Waals surface area contributed by atoms with Gasteiger partial charge in [0.25, 0.3) is 0 Å². The number of ether oxygens (including phenoxy) is 1. The van der Waals surface area contributed by atoms with E-state index in [1.807, 2.05) is 48.7 Å². The fourth-order valence-electron chi connectivity index (χ4n) is 4.11. The molecule has 0 saturated carbocycles. The lowest BCUT2D eigenvalue weighted by Gasteiger charge is -2.20. The summed E-state index contributed by atoms with van der Waals surface area (Å²) in [7, 11) is 0. The Labute approximate surface area is 206 Å². The van der Waals surface area contributed by atoms with Crippen LogP contribution in [-0.4, -0.2) is 23.5 Å². The molecular weight excluding hydrogens is 434 g/mol. The molecule has 0 spiro atoms. The Hall–Kier alpha value is -4.01. The molecule has 0 aliphatic heterocycles. The molecule has 0 bridgehead atoms. The lowest BCUT2D eigenvalue weighted by atomic mass is 9.95. The summed E-state index contributed by atoms with van der Waals surface area (Å²) in [4.78, 5) is 17.2. The number of benzene rings is 3. The Kier molecular flexibility index (Phi) is 7.87. The molecule has 1 amide bonds. The van der Waals surface area contributed by atoms with Gasteiger partial charge in [-0.15, -0.1) is 0 Å². The minimum atomic E-state index is -0.615. The van der Waals surface area contributed by atoms with Gasteiger partial charge in [0.05, 0.1) is 18.2 Å². The molecule has 35 heavy (non-hydrogen) atoms. The number of rotatable bonds is 9. The van der Waals surface area contributed by atoms with Gasteiger partial charge in [-0.25, -0.2) is 0 Å². The van der Waals surface area contributed by atoms with Gasteiger partial charge in [0.15, 0.2) is 0 Å². The van der Waals surface area contributed by atoms with Crippen molar-refractivity contribution in [3.05, 3.63) is 90.6 Å². The van der Waals surface area contributed by atoms with Crippen LogP contribution in [0.3, 0.4) is 0 Å². The fourth-order valence-corrected chi connectivity index (χ4v) is 4.11. The second kappa shape index (κ2) is 11.4. The van der Waals surface area contributed by atoms with Gasteiger partial charge in [0, 0.05) is 17.1 Å². The molecule has 5 heteroatoms. The van der Waals surface area contributed by atoms with Gasteiger partial charge in [0.1, 0.15) is 12.6 Å². The molecule has 1 atom stereocenters. The number of hydrogen-bond donors (Lipinski definition) is 1. The monoisotopic (exact) mass is 463 g/mol. The van der Waals surface area contributed by atoms with E-state index in [9.17, 15) is 4.79 Å². The number of nitriles is 1. The normalized spacial score (nSPS) is 11.8. The van der Waals surface area contributed by atoms with E-state index in [4.69, 9.17) is 10.00 Å². The van der Waals surface area contributed by atoms with E-state index < -0.39 is 6.10 Å². The highest BCUT2D eigenvalue weighted by Crippen LogP contribution is 2.31. The van der Waals surface area contributed by atoms with E-state index in [0.29, 0.717) is 6.42 Å². The molecule has 0 aliphatic carbocycles. The summed E-state index contributed by atoms with van der Waals surface area (Å²) in [5.74, 6) is 0.0320. The highest BCUT2D eigenvalue weighted by atomic mass is 16.5. The second-order valence-corrected chi connectivity index (χ2v) is 8.96. The molecule has 4 rings (SSSR count). The van der Waals surface area contributed by atoms with Crippen LogP contribution in [0.25, 0.3) is 33.2 Å². The summed E-state index contributed by atoms with van der Waals surface area (Å²) in [6.07, 6.45) is 1.87. The van der Waals surface area contributed by atoms with Gasteiger partial charge < -0.3 is 10.1 Å². The zero-order valence-corrected chi connectivity index (χ0v) is 20.1. The predicted molar refractivity (Wildman–Crippen MR) is 139 cm³/mol. The first-order chi connectivity index (χ1) is 17.0. The standard InChI is InChI=1S/C30H29N3O2/c1-21(2)16-29(30(34)32-15-14-31)35-20-25-13-12-23(18-27(25)22-8-4-3-5-9-22)26-17-24-10-6-7-11-28(24)33-19-26/h3-13,17-19,21,29H,15-16,20H2,1-2H3,(H,32,34)/t29-/m0/s1. The first-order valence-electron chi connectivity index (χ1n) is 11.8. The van der Waals surface area contributed by atoms with Crippen LogP contribution in [0.4, 0.5) is 0 Å². The molecule has 0 aliphatic rings. The number of carbonyl (C=O) groups excluding carboxylic acids is 1. The molecule has 1 aromatic heterocycles. The fraction of sp³-hybridized carbons (Fsp3) is 0.233. The van der Waals surface area contributed by atoms with Crippen LogP contribution in [0.15, 0.2) is 85.1 Å². The molecule has 5 nitrogen and oxygen atoms in total. The summed E-state index contributed by atoms with van der Waals surface area (Å²) < 4.78 is 6.13. The Morgan fingerprint density at radius 2 is 1.74 bits per heavy atom. The zero-order chi connectivity index (χ0) is 24.6. The van der Waals surface area contributed by atoms with Crippen LogP contribution >= 0.6 is 0 Å². The number of aromatic nitrogens is 1. The summed E-state index contributed by atoms with van der Waals surface area (Å²) in [6.45, 7) is 4.36. The number of amides is 1. The maximum absolute atomic E-state index is 12.6. The van der Waals surface area contributed by atoms with Gasteiger partial charge in [0.2, 0.25) is 5.91 Å². The zero-order valence-electron chi connectivity index (χ0n) is 20.1. The molecule has 0 unspecified atom stereocenters. The van der Waals surface area contributed by atoms with Crippen molar-refractivity contribution < 1.29 is 9.53 Å². The summed E-state index contributed by atoms with van der Waals surface area (Å²) in [5.41, 5.74) is 6.21. The second-order valence-electron chi connectivity index (χ2n) is 8.96. The summed E-state index contributed by atoms with van der Waals surface area (Å²) >= 11 is 0. The van der Waals surface area contributed by atoms with Crippen molar-refractivity contribution in [3.63, 3.8) is 0 Å².